The van der Waals surface area contributed by atoms with Gasteiger partial charge < -0.3 is 9.64 Å². The standard InChI is InChI=1S/C15H25NO3/c1-19-15(18)11-16(13-8-4-5-9-13)14(17)10-12-6-2-3-7-12/h12-13H,2-11H2,1H3. The van der Waals surface area contributed by atoms with Crippen molar-refractivity contribution in [3.05, 3.63) is 0 Å². The third-order valence-electron chi connectivity index (χ3n) is 4.55. The van der Waals surface area contributed by atoms with Crippen molar-refractivity contribution in [3.8, 4) is 0 Å². The average molecular weight is 267 g/mol. The van der Waals surface area contributed by atoms with Crippen molar-refractivity contribution in [2.24, 2.45) is 5.92 Å². The summed E-state index contributed by atoms with van der Waals surface area (Å²) in [5.74, 6) is 0.393. The fourth-order valence-electron chi connectivity index (χ4n) is 3.42. The van der Waals surface area contributed by atoms with Crippen LogP contribution in [0.4, 0.5) is 0 Å². The number of hydrogen-bond donors (Lipinski definition) is 0. The molecule has 19 heavy (non-hydrogen) atoms. The monoisotopic (exact) mass is 267 g/mol. The van der Waals surface area contributed by atoms with Crippen LogP contribution in [0.3, 0.4) is 0 Å². The predicted octanol–water partition coefficient (Wildman–Crippen LogP) is 2.51. The van der Waals surface area contributed by atoms with Crippen LogP contribution in [0.5, 0.6) is 0 Å². The summed E-state index contributed by atoms with van der Waals surface area (Å²) >= 11 is 0. The fraction of sp³-hybridized carbons (Fsp3) is 0.867. The van der Waals surface area contributed by atoms with Gasteiger partial charge in [-0.3, -0.25) is 9.59 Å². The minimum Gasteiger partial charge on any atom is -0.468 e. The third-order valence-corrected chi connectivity index (χ3v) is 4.55. The van der Waals surface area contributed by atoms with Crippen LogP contribution in [0.15, 0.2) is 0 Å². The van der Waals surface area contributed by atoms with E-state index in [1.54, 1.807) is 4.90 Å². The zero-order chi connectivity index (χ0) is 13.7. The minimum atomic E-state index is -0.299. The van der Waals surface area contributed by atoms with E-state index < -0.39 is 0 Å². The first-order valence-electron chi connectivity index (χ1n) is 7.57. The molecule has 0 aromatic heterocycles. The number of nitrogens with zero attached hydrogens (tertiary/aromatic N) is 1. The lowest BCUT2D eigenvalue weighted by molar-refractivity contribution is -0.149. The third kappa shape index (κ3) is 3.95. The molecular formula is C15H25NO3. The molecule has 0 N–H and O–H groups in total. The Labute approximate surface area is 115 Å². The van der Waals surface area contributed by atoms with Gasteiger partial charge >= 0.3 is 5.97 Å². The first-order chi connectivity index (χ1) is 9.20. The van der Waals surface area contributed by atoms with E-state index in [4.69, 9.17) is 4.74 Å². The summed E-state index contributed by atoms with van der Waals surface area (Å²) in [6.45, 7) is 0.132. The van der Waals surface area contributed by atoms with Gasteiger partial charge in [-0.15, -0.1) is 0 Å². The molecule has 0 spiro atoms. The van der Waals surface area contributed by atoms with Gasteiger partial charge in [-0.1, -0.05) is 25.7 Å². The molecule has 2 rings (SSSR count). The lowest BCUT2D eigenvalue weighted by Crippen LogP contribution is -2.43. The Balaban J connectivity index is 1.93. The molecule has 108 valence electrons. The largest absolute Gasteiger partial charge is 0.468 e. The quantitative estimate of drug-likeness (QED) is 0.719. The van der Waals surface area contributed by atoms with Crippen LogP contribution in [-0.2, 0) is 14.3 Å². The van der Waals surface area contributed by atoms with Gasteiger partial charge in [-0.2, -0.15) is 0 Å². The van der Waals surface area contributed by atoms with Gasteiger partial charge in [0.2, 0.25) is 5.91 Å². The second kappa shape index (κ2) is 6.92. The predicted molar refractivity (Wildman–Crippen MR) is 72.6 cm³/mol. The summed E-state index contributed by atoms with van der Waals surface area (Å²) in [6, 6.07) is 0.257. The highest BCUT2D eigenvalue weighted by molar-refractivity contribution is 5.82. The Kier molecular flexibility index (Phi) is 5.23. The first kappa shape index (κ1) is 14.4. The highest BCUT2D eigenvalue weighted by Gasteiger charge is 2.30. The van der Waals surface area contributed by atoms with Crippen LogP contribution in [0, 0.1) is 5.92 Å². The van der Waals surface area contributed by atoms with Gasteiger partial charge in [-0.25, -0.2) is 0 Å². The number of hydrogen-bond acceptors (Lipinski definition) is 3. The molecule has 4 nitrogen and oxygen atoms in total. The topological polar surface area (TPSA) is 46.6 Å². The van der Waals surface area contributed by atoms with Gasteiger partial charge in [-0.05, 0) is 31.6 Å². The summed E-state index contributed by atoms with van der Waals surface area (Å²) in [5, 5.41) is 0. The number of methoxy groups -OCH3 is 1. The SMILES string of the molecule is COC(=O)CN(C(=O)CC1CCCC1)C1CCCC1. The zero-order valence-corrected chi connectivity index (χ0v) is 11.9. The first-order valence-corrected chi connectivity index (χ1v) is 7.57. The van der Waals surface area contributed by atoms with Crippen molar-refractivity contribution < 1.29 is 14.3 Å². The number of rotatable bonds is 5. The van der Waals surface area contributed by atoms with E-state index in [2.05, 4.69) is 0 Å². The Hall–Kier alpha value is -1.06. The molecule has 2 aliphatic carbocycles. The summed E-state index contributed by atoms with van der Waals surface area (Å²) in [5.41, 5.74) is 0. The maximum atomic E-state index is 12.5. The lowest BCUT2D eigenvalue weighted by atomic mass is 10.0. The molecule has 4 heteroatoms. The lowest BCUT2D eigenvalue weighted by Gasteiger charge is -2.29. The molecule has 0 aromatic rings. The molecule has 1 amide bonds. The molecule has 2 aliphatic rings. The minimum absolute atomic E-state index is 0.132. The van der Waals surface area contributed by atoms with Crippen molar-refractivity contribution in [2.45, 2.75) is 63.8 Å². The maximum absolute atomic E-state index is 12.5. The number of amides is 1. The van der Waals surface area contributed by atoms with Crippen LogP contribution in [0.2, 0.25) is 0 Å². The van der Waals surface area contributed by atoms with Crippen LogP contribution in [0.25, 0.3) is 0 Å². The smallest absolute Gasteiger partial charge is 0.325 e. The van der Waals surface area contributed by atoms with Crippen molar-refractivity contribution >= 4 is 11.9 Å². The van der Waals surface area contributed by atoms with Gasteiger partial charge in [0.1, 0.15) is 6.54 Å². The van der Waals surface area contributed by atoms with E-state index in [0.29, 0.717) is 12.3 Å². The Bertz CT molecular complexity index is 317. The fourth-order valence-corrected chi connectivity index (χ4v) is 3.42. The number of esters is 1. The van der Waals surface area contributed by atoms with Crippen LogP contribution in [0.1, 0.15) is 57.8 Å². The second-order valence-corrected chi connectivity index (χ2v) is 5.89. The van der Waals surface area contributed by atoms with Gasteiger partial charge in [0, 0.05) is 12.5 Å². The molecule has 0 unspecified atom stereocenters. The van der Waals surface area contributed by atoms with Crippen molar-refractivity contribution in [2.75, 3.05) is 13.7 Å². The molecule has 0 aliphatic heterocycles. The van der Waals surface area contributed by atoms with Crippen LogP contribution in [-0.4, -0.2) is 36.5 Å². The van der Waals surface area contributed by atoms with Crippen molar-refractivity contribution in [1.29, 1.82) is 0 Å². The summed E-state index contributed by atoms with van der Waals surface area (Å²) in [7, 11) is 1.39. The average Bonchev–Trinajstić information content (AvgIpc) is 3.08. The molecule has 0 heterocycles. The molecule has 0 saturated heterocycles. The molecule has 2 fully saturated rings. The molecule has 0 bridgehead atoms. The molecule has 0 aromatic carbocycles. The van der Waals surface area contributed by atoms with Gasteiger partial charge in [0.15, 0.2) is 0 Å². The normalized spacial score (nSPS) is 20.7. The zero-order valence-electron chi connectivity index (χ0n) is 11.9. The molecular weight excluding hydrogens is 242 g/mol. The van der Waals surface area contributed by atoms with Crippen LogP contribution >= 0.6 is 0 Å². The van der Waals surface area contributed by atoms with Gasteiger partial charge in [0.25, 0.3) is 0 Å². The summed E-state index contributed by atoms with van der Waals surface area (Å²) in [4.78, 5) is 25.7. The van der Waals surface area contributed by atoms with E-state index >= 15 is 0 Å². The maximum Gasteiger partial charge on any atom is 0.325 e. The second-order valence-electron chi connectivity index (χ2n) is 5.89. The van der Waals surface area contributed by atoms with Crippen molar-refractivity contribution in [3.63, 3.8) is 0 Å². The highest BCUT2D eigenvalue weighted by Crippen LogP contribution is 2.30. The van der Waals surface area contributed by atoms with E-state index in [-0.39, 0.29) is 24.5 Å². The van der Waals surface area contributed by atoms with Gasteiger partial charge in [0.05, 0.1) is 7.11 Å². The van der Waals surface area contributed by atoms with E-state index in [1.165, 1.54) is 45.6 Å². The summed E-state index contributed by atoms with van der Waals surface area (Å²) in [6.07, 6.45) is 9.86. The number of ether oxygens (including phenoxy) is 1. The Morgan fingerprint density at radius 1 is 1.05 bits per heavy atom. The van der Waals surface area contributed by atoms with Crippen LogP contribution < -0.4 is 0 Å². The van der Waals surface area contributed by atoms with E-state index in [0.717, 1.165) is 12.8 Å². The number of carbonyl (C=O) groups is 2. The summed E-state index contributed by atoms with van der Waals surface area (Å²) < 4.78 is 4.73. The number of carbonyl (C=O) groups excluding carboxylic acids is 2. The molecule has 0 atom stereocenters. The molecule has 0 radical (unpaired) electrons. The highest BCUT2D eigenvalue weighted by atomic mass is 16.5. The molecule has 2 saturated carbocycles. The Morgan fingerprint density at radius 3 is 2.21 bits per heavy atom. The van der Waals surface area contributed by atoms with E-state index in [9.17, 15) is 9.59 Å². The van der Waals surface area contributed by atoms with E-state index in [1.807, 2.05) is 0 Å². The Morgan fingerprint density at radius 2 is 1.63 bits per heavy atom. The van der Waals surface area contributed by atoms with Crippen molar-refractivity contribution in [1.82, 2.24) is 4.90 Å².